The average molecular weight is 420 g/mol. The van der Waals surface area contributed by atoms with Gasteiger partial charge in [-0.25, -0.2) is 9.36 Å². The lowest BCUT2D eigenvalue weighted by Crippen LogP contribution is -3.11. The number of amides is 1. The van der Waals surface area contributed by atoms with E-state index in [9.17, 15) is 14.4 Å². The van der Waals surface area contributed by atoms with Crippen molar-refractivity contribution in [1.82, 2.24) is 9.13 Å². The van der Waals surface area contributed by atoms with Crippen LogP contribution in [-0.2, 0) is 24.3 Å². The summed E-state index contributed by atoms with van der Waals surface area (Å²) in [7, 11) is 0. The Bertz CT molecular complexity index is 1210. The molecule has 0 fully saturated rings. The van der Waals surface area contributed by atoms with Gasteiger partial charge in [0.15, 0.2) is 0 Å². The van der Waals surface area contributed by atoms with Crippen molar-refractivity contribution < 1.29 is 9.69 Å². The topological polar surface area (TPSA) is 91.5 Å². The Kier molecular flexibility index (Phi) is 4.86. The second-order valence-corrected chi connectivity index (χ2v) is 8.44. The predicted octanol–water partition coefficient (Wildman–Crippen LogP) is 0.314. The van der Waals surface area contributed by atoms with Crippen LogP contribution in [0.15, 0.2) is 33.9 Å². The molecule has 9 heteroatoms. The molecule has 4 rings (SSSR count). The zero-order valence-electron chi connectivity index (χ0n) is 15.3. The van der Waals surface area contributed by atoms with Crippen LogP contribution in [0.4, 0.5) is 0 Å². The van der Waals surface area contributed by atoms with E-state index in [0.717, 1.165) is 41.1 Å². The van der Waals surface area contributed by atoms with Crippen LogP contribution < -0.4 is 21.9 Å². The molecule has 0 bridgehead atoms. The van der Waals surface area contributed by atoms with Crippen molar-refractivity contribution >= 4 is 39.1 Å². The number of aromatic nitrogens is 2. The monoisotopic (exact) mass is 419 g/mol. The number of carbonyl (C=O) groups excluding carboxylic acids is 1. The number of rotatable bonds is 4. The Morgan fingerprint density at radius 2 is 2.14 bits per heavy atom. The van der Waals surface area contributed by atoms with E-state index in [4.69, 9.17) is 17.3 Å². The maximum atomic E-state index is 13.4. The zero-order chi connectivity index (χ0) is 20.0. The first kappa shape index (κ1) is 18.9. The lowest BCUT2D eigenvalue weighted by atomic mass is 10.1. The van der Waals surface area contributed by atoms with Gasteiger partial charge in [-0.15, -0.1) is 11.3 Å². The molecule has 0 saturated heterocycles. The number of quaternary nitrogens is 1. The highest BCUT2D eigenvalue weighted by atomic mass is 35.5. The quantitative estimate of drug-likeness (QED) is 0.637. The molecule has 3 heterocycles. The van der Waals surface area contributed by atoms with Crippen molar-refractivity contribution in [1.29, 1.82) is 0 Å². The third kappa shape index (κ3) is 3.07. The molecule has 2 aromatic heterocycles. The number of thiophene rings is 1. The van der Waals surface area contributed by atoms with Gasteiger partial charge in [0.25, 0.3) is 5.56 Å². The van der Waals surface area contributed by atoms with Crippen LogP contribution in [0.25, 0.3) is 15.9 Å². The van der Waals surface area contributed by atoms with E-state index in [1.165, 1.54) is 20.8 Å². The summed E-state index contributed by atoms with van der Waals surface area (Å²) in [5.74, 6) is -0.633. The first-order valence-corrected chi connectivity index (χ1v) is 10.3. The van der Waals surface area contributed by atoms with Gasteiger partial charge >= 0.3 is 5.69 Å². The Morgan fingerprint density at radius 3 is 2.82 bits per heavy atom. The SMILES string of the molecule is CC[NH+]1CCc2c(sc3c2c(=O)n(-c2cccc(Cl)c2)c(=O)n3CC(N)=O)C1. The number of nitrogens with one attached hydrogen (secondary N) is 1. The number of carbonyl (C=O) groups is 1. The fraction of sp³-hybridized carbons (Fsp3) is 0.316. The van der Waals surface area contributed by atoms with E-state index < -0.39 is 11.6 Å². The molecular formula is C19H20ClN4O3S+. The molecular weight excluding hydrogens is 400 g/mol. The second kappa shape index (κ2) is 7.20. The van der Waals surface area contributed by atoms with Crippen LogP contribution in [-0.4, -0.2) is 28.1 Å². The number of likely N-dealkylation sites (N-methyl/N-ethyl adjacent to an activating group) is 1. The third-order valence-corrected chi connectivity index (χ3v) is 6.67. The normalized spacial score (nSPS) is 16.3. The molecule has 1 aliphatic heterocycles. The van der Waals surface area contributed by atoms with Crippen LogP contribution in [0.1, 0.15) is 17.4 Å². The average Bonchev–Trinajstić information content (AvgIpc) is 3.03. The van der Waals surface area contributed by atoms with Crippen molar-refractivity contribution in [2.24, 2.45) is 5.73 Å². The van der Waals surface area contributed by atoms with E-state index in [2.05, 4.69) is 6.92 Å². The molecule has 0 spiro atoms. The minimum absolute atomic E-state index is 0.278. The molecule has 0 saturated carbocycles. The molecule has 1 aromatic carbocycles. The summed E-state index contributed by atoms with van der Waals surface area (Å²) >= 11 is 7.49. The summed E-state index contributed by atoms with van der Waals surface area (Å²) in [5, 5.41) is 0.927. The van der Waals surface area contributed by atoms with E-state index >= 15 is 0 Å². The molecule has 0 radical (unpaired) electrons. The maximum Gasteiger partial charge on any atom is 0.337 e. The molecule has 1 atom stereocenters. The molecule has 1 unspecified atom stereocenters. The van der Waals surface area contributed by atoms with E-state index in [-0.39, 0.29) is 12.1 Å². The van der Waals surface area contributed by atoms with Gasteiger partial charge in [0.2, 0.25) is 5.91 Å². The molecule has 3 N–H and O–H groups in total. The van der Waals surface area contributed by atoms with Crippen LogP contribution in [0, 0.1) is 0 Å². The highest BCUT2D eigenvalue weighted by Gasteiger charge is 2.28. The summed E-state index contributed by atoms with van der Waals surface area (Å²) in [4.78, 5) is 41.2. The summed E-state index contributed by atoms with van der Waals surface area (Å²) < 4.78 is 2.40. The van der Waals surface area contributed by atoms with Crippen molar-refractivity contribution in [3.8, 4) is 5.69 Å². The van der Waals surface area contributed by atoms with Crippen molar-refractivity contribution in [3.05, 3.63) is 60.6 Å². The number of nitrogens with two attached hydrogens (primary N) is 1. The van der Waals surface area contributed by atoms with Crippen LogP contribution in [0.5, 0.6) is 0 Å². The molecule has 0 aliphatic carbocycles. The third-order valence-electron chi connectivity index (χ3n) is 5.18. The Labute approximate surface area is 169 Å². The Balaban J connectivity index is 2.08. The zero-order valence-corrected chi connectivity index (χ0v) is 16.9. The van der Waals surface area contributed by atoms with Gasteiger partial charge in [0.05, 0.1) is 29.0 Å². The number of primary amides is 1. The summed E-state index contributed by atoms with van der Waals surface area (Å²) in [6.45, 7) is 4.59. The van der Waals surface area contributed by atoms with Crippen LogP contribution in [0.2, 0.25) is 5.02 Å². The Morgan fingerprint density at radius 1 is 1.36 bits per heavy atom. The number of hydrogen-bond donors (Lipinski definition) is 2. The van der Waals surface area contributed by atoms with Gasteiger partial charge in [-0.2, -0.15) is 0 Å². The van der Waals surface area contributed by atoms with E-state index in [1.807, 2.05) is 0 Å². The minimum atomic E-state index is -0.633. The van der Waals surface area contributed by atoms with Crippen molar-refractivity contribution in [2.75, 3.05) is 13.1 Å². The van der Waals surface area contributed by atoms with Gasteiger partial charge < -0.3 is 10.6 Å². The highest BCUT2D eigenvalue weighted by Crippen LogP contribution is 2.30. The largest absolute Gasteiger partial charge is 0.368 e. The highest BCUT2D eigenvalue weighted by molar-refractivity contribution is 7.18. The summed E-state index contributed by atoms with van der Waals surface area (Å²) in [5.41, 5.74) is 5.79. The van der Waals surface area contributed by atoms with Crippen LogP contribution >= 0.6 is 22.9 Å². The lowest BCUT2D eigenvalue weighted by Gasteiger charge is -2.22. The first-order valence-electron chi connectivity index (χ1n) is 9.08. The molecule has 1 amide bonds. The number of fused-ring (bicyclic) bond motifs is 3. The summed E-state index contributed by atoms with van der Waals surface area (Å²) in [6, 6.07) is 6.56. The first-order chi connectivity index (χ1) is 13.4. The number of hydrogen-bond acceptors (Lipinski definition) is 4. The van der Waals surface area contributed by atoms with Gasteiger partial charge in [0.1, 0.15) is 17.9 Å². The predicted molar refractivity (Wildman–Crippen MR) is 110 cm³/mol. The fourth-order valence-electron chi connectivity index (χ4n) is 3.78. The lowest BCUT2D eigenvalue weighted by molar-refractivity contribution is -0.913. The molecule has 7 nitrogen and oxygen atoms in total. The maximum absolute atomic E-state index is 13.4. The number of benzene rings is 1. The van der Waals surface area contributed by atoms with Gasteiger partial charge in [0, 0.05) is 11.4 Å². The molecule has 3 aromatic rings. The van der Waals surface area contributed by atoms with Gasteiger partial charge in [-0.3, -0.25) is 14.2 Å². The fourth-order valence-corrected chi connectivity index (χ4v) is 5.37. The van der Waals surface area contributed by atoms with E-state index in [1.54, 1.807) is 24.3 Å². The van der Waals surface area contributed by atoms with Crippen molar-refractivity contribution in [3.63, 3.8) is 0 Å². The smallest absolute Gasteiger partial charge is 0.337 e. The minimum Gasteiger partial charge on any atom is -0.368 e. The van der Waals surface area contributed by atoms with Crippen LogP contribution in [0.3, 0.4) is 0 Å². The number of nitrogens with zero attached hydrogens (tertiary/aromatic N) is 2. The van der Waals surface area contributed by atoms with E-state index in [0.29, 0.717) is 20.9 Å². The molecule has 146 valence electrons. The molecule has 1 aliphatic rings. The summed E-state index contributed by atoms with van der Waals surface area (Å²) in [6.07, 6.45) is 0.762. The molecule has 28 heavy (non-hydrogen) atoms. The van der Waals surface area contributed by atoms with Crippen molar-refractivity contribution in [2.45, 2.75) is 26.4 Å². The van der Waals surface area contributed by atoms with Gasteiger partial charge in [-0.1, -0.05) is 17.7 Å². The number of halogens is 1. The standard InChI is InChI=1S/C19H19ClN4O3S/c1-2-22-7-6-13-14(9-22)28-18-16(13)17(26)24(12-5-3-4-11(20)8-12)19(27)23(18)10-15(21)25/h3-5,8H,2,6-7,9-10H2,1H3,(H2,21,25)/p+1. The van der Waals surface area contributed by atoms with Gasteiger partial charge in [-0.05, 0) is 30.7 Å². The second-order valence-electron chi connectivity index (χ2n) is 6.92. The Hall–Kier alpha value is -2.42.